The first kappa shape index (κ1) is 15.7. The lowest BCUT2D eigenvalue weighted by Gasteiger charge is -2.17. The van der Waals surface area contributed by atoms with Crippen LogP contribution in [0.3, 0.4) is 0 Å². The summed E-state index contributed by atoms with van der Waals surface area (Å²) < 4.78 is 0.949. The van der Waals surface area contributed by atoms with Gasteiger partial charge in [-0.05, 0) is 37.7 Å². The molecule has 1 aromatic carbocycles. The predicted molar refractivity (Wildman–Crippen MR) is 78.5 cm³/mol. The fourth-order valence-electron chi connectivity index (χ4n) is 1.75. The van der Waals surface area contributed by atoms with Gasteiger partial charge in [-0.15, -0.1) is 0 Å². The van der Waals surface area contributed by atoms with Crippen LogP contribution in [-0.4, -0.2) is 31.4 Å². The normalized spacial score (nSPS) is 10.3. The van der Waals surface area contributed by atoms with Crippen molar-refractivity contribution in [2.24, 2.45) is 0 Å². The molecule has 1 amide bonds. The van der Waals surface area contributed by atoms with Crippen molar-refractivity contribution < 1.29 is 4.79 Å². The van der Waals surface area contributed by atoms with E-state index in [0.29, 0.717) is 12.0 Å². The first-order valence-corrected chi connectivity index (χ1v) is 6.93. The van der Waals surface area contributed by atoms with Gasteiger partial charge in [-0.3, -0.25) is 4.79 Å². The lowest BCUT2D eigenvalue weighted by molar-refractivity contribution is -0.120. The van der Waals surface area contributed by atoms with Gasteiger partial charge in [0.2, 0.25) is 5.91 Å². The average Bonchev–Trinajstić information content (AvgIpc) is 2.40. The van der Waals surface area contributed by atoms with Gasteiger partial charge in [-0.1, -0.05) is 22.0 Å². The van der Waals surface area contributed by atoms with Gasteiger partial charge in [0.25, 0.3) is 0 Å². The highest BCUT2D eigenvalue weighted by molar-refractivity contribution is 9.10. The summed E-state index contributed by atoms with van der Waals surface area (Å²) >= 11 is 3.48. The van der Waals surface area contributed by atoms with Crippen LogP contribution in [0, 0.1) is 11.3 Å². The molecule has 0 atom stereocenters. The topological polar surface area (TPSA) is 56.1 Å². The van der Waals surface area contributed by atoms with E-state index < -0.39 is 0 Å². The smallest absolute Gasteiger partial charge is 0.219 e. The Morgan fingerprint density at radius 3 is 2.84 bits per heavy atom. The van der Waals surface area contributed by atoms with E-state index >= 15 is 0 Å². The summed E-state index contributed by atoms with van der Waals surface area (Å²) in [6.45, 7) is 1.65. The minimum absolute atomic E-state index is 0.0768. The standard InChI is InChI=1S/C14H18BrN3O/c1-17-14(19)4-3-7-18(2)10-12-6-5-11(9-16)8-13(12)15/h5-6,8H,3-4,7,10H2,1-2H3,(H,17,19). The van der Waals surface area contributed by atoms with Crippen LogP contribution in [0.25, 0.3) is 0 Å². The van der Waals surface area contributed by atoms with Crippen molar-refractivity contribution in [1.82, 2.24) is 10.2 Å². The summed E-state index contributed by atoms with van der Waals surface area (Å²) in [5, 5.41) is 11.4. The maximum atomic E-state index is 11.1. The number of carbonyl (C=O) groups excluding carboxylic acids is 1. The van der Waals surface area contributed by atoms with E-state index in [9.17, 15) is 4.79 Å². The van der Waals surface area contributed by atoms with Gasteiger partial charge >= 0.3 is 0 Å². The van der Waals surface area contributed by atoms with Crippen molar-refractivity contribution in [2.75, 3.05) is 20.6 Å². The third kappa shape index (κ3) is 5.41. The zero-order chi connectivity index (χ0) is 14.3. The second-order valence-corrected chi connectivity index (χ2v) is 5.29. The number of benzene rings is 1. The van der Waals surface area contributed by atoms with E-state index in [4.69, 9.17) is 5.26 Å². The highest BCUT2D eigenvalue weighted by Gasteiger charge is 2.06. The van der Waals surface area contributed by atoms with E-state index in [1.165, 1.54) is 0 Å². The Balaban J connectivity index is 2.46. The zero-order valence-corrected chi connectivity index (χ0v) is 12.8. The first-order valence-electron chi connectivity index (χ1n) is 6.14. The SMILES string of the molecule is CNC(=O)CCCN(C)Cc1ccc(C#N)cc1Br. The Morgan fingerprint density at radius 2 is 2.26 bits per heavy atom. The van der Waals surface area contributed by atoms with Gasteiger partial charge < -0.3 is 10.2 Å². The predicted octanol–water partition coefficient (Wildman–Crippen LogP) is 2.28. The van der Waals surface area contributed by atoms with Crippen LogP contribution < -0.4 is 5.32 Å². The van der Waals surface area contributed by atoms with Crippen molar-refractivity contribution in [2.45, 2.75) is 19.4 Å². The van der Waals surface area contributed by atoms with Gasteiger partial charge in [0.15, 0.2) is 0 Å². The van der Waals surface area contributed by atoms with E-state index in [1.54, 1.807) is 7.05 Å². The molecule has 0 bridgehead atoms. The van der Waals surface area contributed by atoms with Crippen molar-refractivity contribution in [3.63, 3.8) is 0 Å². The molecule has 1 rings (SSSR count). The number of hydrogen-bond donors (Lipinski definition) is 1. The van der Waals surface area contributed by atoms with Crippen LogP contribution in [0.15, 0.2) is 22.7 Å². The monoisotopic (exact) mass is 323 g/mol. The number of hydrogen-bond acceptors (Lipinski definition) is 3. The Labute approximate surface area is 122 Å². The number of nitrogens with zero attached hydrogens (tertiary/aromatic N) is 2. The maximum Gasteiger partial charge on any atom is 0.219 e. The van der Waals surface area contributed by atoms with Crippen molar-refractivity contribution in [3.05, 3.63) is 33.8 Å². The average molecular weight is 324 g/mol. The fraction of sp³-hybridized carbons (Fsp3) is 0.429. The second-order valence-electron chi connectivity index (χ2n) is 4.43. The summed E-state index contributed by atoms with van der Waals surface area (Å²) in [6, 6.07) is 7.71. The largest absolute Gasteiger partial charge is 0.359 e. The van der Waals surface area contributed by atoms with Crippen molar-refractivity contribution in [1.29, 1.82) is 5.26 Å². The molecule has 0 aliphatic rings. The summed E-state index contributed by atoms with van der Waals surface area (Å²) in [6.07, 6.45) is 1.39. The van der Waals surface area contributed by atoms with E-state index in [2.05, 4.69) is 32.2 Å². The quantitative estimate of drug-likeness (QED) is 0.873. The number of carbonyl (C=O) groups is 1. The van der Waals surface area contributed by atoms with Crippen LogP contribution >= 0.6 is 15.9 Å². The molecule has 5 heteroatoms. The van der Waals surface area contributed by atoms with Crippen molar-refractivity contribution in [3.8, 4) is 6.07 Å². The van der Waals surface area contributed by atoms with Crippen LogP contribution in [0.1, 0.15) is 24.0 Å². The molecule has 1 N–H and O–H groups in total. The molecule has 0 spiro atoms. The summed E-state index contributed by atoms with van der Waals surface area (Å²) in [4.78, 5) is 13.3. The van der Waals surface area contributed by atoms with Crippen LogP contribution in [0.4, 0.5) is 0 Å². The van der Waals surface area contributed by atoms with Gasteiger partial charge in [0.1, 0.15) is 0 Å². The number of amides is 1. The summed E-state index contributed by atoms with van der Waals surface area (Å²) in [5.74, 6) is 0.0768. The maximum absolute atomic E-state index is 11.1. The van der Waals surface area contributed by atoms with Crippen LogP contribution in [0.5, 0.6) is 0 Å². The van der Waals surface area contributed by atoms with E-state index in [-0.39, 0.29) is 5.91 Å². The molecule has 0 fully saturated rings. The molecule has 0 aromatic heterocycles. The molecule has 4 nitrogen and oxygen atoms in total. The minimum atomic E-state index is 0.0768. The Hall–Kier alpha value is -1.38. The van der Waals surface area contributed by atoms with Crippen molar-refractivity contribution >= 4 is 21.8 Å². The number of nitrogens with one attached hydrogen (secondary N) is 1. The van der Waals surface area contributed by atoms with Gasteiger partial charge in [-0.25, -0.2) is 0 Å². The lowest BCUT2D eigenvalue weighted by Crippen LogP contribution is -2.23. The minimum Gasteiger partial charge on any atom is -0.359 e. The molecule has 19 heavy (non-hydrogen) atoms. The zero-order valence-electron chi connectivity index (χ0n) is 11.2. The van der Waals surface area contributed by atoms with Gasteiger partial charge in [0.05, 0.1) is 11.6 Å². The van der Waals surface area contributed by atoms with Crippen LogP contribution in [-0.2, 0) is 11.3 Å². The highest BCUT2D eigenvalue weighted by Crippen LogP contribution is 2.19. The Morgan fingerprint density at radius 1 is 1.53 bits per heavy atom. The first-order chi connectivity index (χ1) is 9.06. The molecule has 0 aliphatic carbocycles. The molecule has 0 aliphatic heterocycles. The van der Waals surface area contributed by atoms with Crippen LogP contribution in [0.2, 0.25) is 0 Å². The molecule has 0 heterocycles. The number of nitriles is 1. The molecule has 0 saturated carbocycles. The third-order valence-electron chi connectivity index (χ3n) is 2.84. The van der Waals surface area contributed by atoms with Gasteiger partial charge in [-0.2, -0.15) is 5.26 Å². The summed E-state index contributed by atoms with van der Waals surface area (Å²) in [5.41, 5.74) is 1.79. The Bertz CT molecular complexity index is 482. The lowest BCUT2D eigenvalue weighted by atomic mass is 10.1. The third-order valence-corrected chi connectivity index (χ3v) is 3.58. The summed E-state index contributed by atoms with van der Waals surface area (Å²) in [7, 11) is 3.68. The molecular weight excluding hydrogens is 306 g/mol. The van der Waals surface area contributed by atoms with E-state index in [0.717, 1.165) is 29.5 Å². The molecule has 1 aromatic rings. The number of halogens is 1. The molecular formula is C14H18BrN3O. The molecule has 0 saturated heterocycles. The molecule has 0 unspecified atom stereocenters. The second kappa shape index (κ2) is 7.93. The number of rotatable bonds is 6. The molecule has 102 valence electrons. The fourth-order valence-corrected chi connectivity index (χ4v) is 2.25. The molecule has 0 radical (unpaired) electrons. The van der Waals surface area contributed by atoms with E-state index in [1.807, 2.05) is 25.2 Å². The van der Waals surface area contributed by atoms with Gasteiger partial charge in [0, 0.05) is 24.5 Å². The Kier molecular flexibility index (Phi) is 6.54. The highest BCUT2D eigenvalue weighted by atomic mass is 79.9.